The van der Waals surface area contributed by atoms with Crippen molar-refractivity contribution in [1.82, 2.24) is 4.90 Å². The van der Waals surface area contributed by atoms with Crippen molar-refractivity contribution in [3.8, 4) is 11.5 Å². The molecule has 4 rings (SSSR count). The maximum Gasteiger partial charge on any atom is 0.498 e. The average Bonchev–Trinajstić information content (AvgIpc) is 2.81. The van der Waals surface area contributed by atoms with Crippen molar-refractivity contribution < 1.29 is 37.8 Å². The quantitative estimate of drug-likeness (QED) is 0.486. The van der Waals surface area contributed by atoms with Crippen LogP contribution in [0, 0.1) is 0 Å². The van der Waals surface area contributed by atoms with Crippen molar-refractivity contribution in [2.75, 3.05) is 13.1 Å². The van der Waals surface area contributed by atoms with Gasteiger partial charge in [-0.2, -0.15) is 0 Å². The molecule has 3 heterocycles. The summed E-state index contributed by atoms with van der Waals surface area (Å²) in [7, 11) is -0.721. The van der Waals surface area contributed by atoms with Crippen LogP contribution in [0.25, 0.3) is 0 Å². The van der Waals surface area contributed by atoms with Gasteiger partial charge in [-0.15, -0.1) is 0 Å². The van der Waals surface area contributed by atoms with Crippen LogP contribution in [-0.2, 0) is 18.8 Å². The summed E-state index contributed by atoms with van der Waals surface area (Å²) in [5.41, 5.74) is -0.903. The van der Waals surface area contributed by atoms with Crippen LogP contribution in [0.15, 0.2) is 12.1 Å². The number of esters is 1. The minimum absolute atomic E-state index is 0.183. The van der Waals surface area contributed by atoms with E-state index in [9.17, 15) is 9.59 Å². The van der Waals surface area contributed by atoms with Crippen molar-refractivity contribution in [2.24, 2.45) is 0 Å². The lowest BCUT2D eigenvalue weighted by Gasteiger charge is -2.40. The van der Waals surface area contributed by atoms with E-state index >= 15 is 0 Å². The summed E-state index contributed by atoms with van der Waals surface area (Å²) in [5.74, 6) is -1.07. The number of nitrogens with zero attached hydrogens (tertiary/aromatic N) is 1. The van der Waals surface area contributed by atoms with E-state index in [1.165, 1.54) is 0 Å². The molecule has 0 aliphatic carbocycles. The highest BCUT2D eigenvalue weighted by molar-refractivity contribution is 6.63. The first kappa shape index (κ1) is 24.7. The summed E-state index contributed by atoms with van der Waals surface area (Å²) in [6, 6.07) is 3.48. The minimum Gasteiger partial charge on any atom is -0.486 e. The third kappa shape index (κ3) is 4.57. The Bertz CT molecular complexity index is 991. The van der Waals surface area contributed by atoms with Crippen LogP contribution < -0.4 is 14.9 Å². The normalized spacial score (nSPS) is 22.9. The first-order chi connectivity index (χ1) is 15.5. The molecule has 1 aromatic carbocycles. The Labute approximate surface area is 201 Å². The van der Waals surface area contributed by atoms with E-state index in [0.29, 0.717) is 30.1 Å². The Morgan fingerprint density at radius 3 is 2.18 bits per heavy atom. The van der Waals surface area contributed by atoms with Gasteiger partial charge in [0.05, 0.1) is 24.3 Å². The molecule has 0 saturated carbocycles. The molecule has 0 N–H and O–H groups in total. The van der Waals surface area contributed by atoms with Crippen molar-refractivity contribution in [1.29, 1.82) is 0 Å². The molecule has 0 spiro atoms. The number of hydrogen-bond donors (Lipinski definition) is 0. The summed E-state index contributed by atoms with van der Waals surface area (Å²) in [5, 5.41) is 0. The molecule has 3 aliphatic heterocycles. The molecular weight excluding hydrogens is 441 g/mol. The predicted octanol–water partition coefficient (Wildman–Crippen LogP) is 3.27. The van der Waals surface area contributed by atoms with E-state index in [2.05, 4.69) is 0 Å². The fraction of sp³-hybridized carbons (Fsp3) is 0.667. The molecule has 0 unspecified atom stereocenters. The number of fused-ring (bicyclic) bond motifs is 1. The first-order valence-corrected chi connectivity index (χ1v) is 11.6. The van der Waals surface area contributed by atoms with E-state index in [-0.39, 0.29) is 11.7 Å². The Kier molecular flexibility index (Phi) is 5.64. The van der Waals surface area contributed by atoms with Crippen LogP contribution in [-0.4, -0.2) is 65.9 Å². The topological polar surface area (TPSA) is 92.8 Å². The SMILES string of the molecule is CC(C)(C)OC(=O)N1CC(Oc2ccc(B3OC(C)(C)C(C)(C)O3)c3c2C(=O)OC(C)(C)O3)C1. The predicted molar refractivity (Wildman–Crippen MR) is 125 cm³/mol. The van der Waals surface area contributed by atoms with Crippen LogP contribution >= 0.6 is 0 Å². The summed E-state index contributed by atoms with van der Waals surface area (Å²) in [6.07, 6.45) is -0.683. The Hall–Kier alpha value is -2.46. The molecule has 34 heavy (non-hydrogen) atoms. The lowest BCUT2D eigenvalue weighted by Crippen LogP contribution is -2.57. The first-order valence-electron chi connectivity index (χ1n) is 11.6. The molecular formula is C24H34BNO8. The molecule has 3 aliphatic rings. The summed E-state index contributed by atoms with van der Waals surface area (Å²) >= 11 is 0. The van der Waals surface area contributed by atoms with Crippen molar-refractivity contribution in [3.63, 3.8) is 0 Å². The second-order valence-electron chi connectivity index (χ2n) is 11.5. The zero-order valence-corrected chi connectivity index (χ0v) is 21.4. The van der Waals surface area contributed by atoms with Gasteiger partial charge in [-0.3, -0.25) is 0 Å². The highest BCUT2D eigenvalue weighted by Gasteiger charge is 2.54. The highest BCUT2D eigenvalue weighted by Crippen LogP contribution is 2.41. The molecule has 186 valence electrons. The third-order valence-corrected chi connectivity index (χ3v) is 6.34. The van der Waals surface area contributed by atoms with Crippen LogP contribution in [0.1, 0.15) is 72.7 Å². The maximum absolute atomic E-state index is 13.0. The molecule has 1 amide bonds. The third-order valence-electron chi connectivity index (χ3n) is 6.34. The number of cyclic esters (lactones) is 1. The van der Waals surface area contributed by atoms with Gasteiger partial charge < -0.3 is 33.2 Å². The van der Waals surface area contributed by atoms with Crippen LogP contribution in [0.5, 0.6) is 11.5 Å². The van der Waals surface area contributed by atoms with Crippen LogP contribution in [0.2, 0.25) is 0 Å². The second-order valence-corrected chi connectivity index (χ2v) is 11.5. The molecule has 0 atom stereocenters. The molecule has 2 saturated heterocycles. The smallest absolute Gasteiger partial charge is 0.486 e. The van der Waals surface area contributed by atoms with E-state index < -0.39 is 41.8 Å². The molecule has 10 heteroatoms. The lowest BCUT2D eigenvalue weighted by molar-refractivity contribution is -0.127. The molecule has 2 fully saturated rings. The molecule has 9 nitrogen and oxygen atoms in total. The molecule has 0 bridgehead atoms. The Balaban J connectivity index is 1.58. The van der Waals surface area contributed by atoms with E-state index in [1.807, 2.05) is 48.5 Å². The molecule has 1 aromatic rings. The van der Waals surface area contributed by atoms with Gasteiger partial charge >= 0.3 is 19.2 Å². The molecule has 0 aromatic heterocycles. The van der Waals surface area contributed by atoms with Crippen molar-refractivity contribution in [3.05, 3.63) is 17.7 Å². The zero-order valence-electron chi connectivity index (χ0n) is 21.4. The van der Waals surface area contributed by atoms with Crippen molar-refractivity contribution in [2.45, 2.75) is 91.0 Å². The van der Waals surface area contributed by atoms with E-state index in [1.54, 1.807) is 30.9 Å². The summed E-state index contributed by atoms with van der Waals surface area (Å²) in [4.78, 5) is 26.8. The van der Waals surface area contributed by atoms with Gasteiger partial charge in [0.25, 0.3) is 0 Å². The monoisotopic (exact) mass is 475 g/mol. The number of likely N-dealkylation sites (tertiary alicyclic amines) is 1. The number of benzene rings is 1. The van der Waals surface area contributed by atoms with Gasteiger partial charge in [0, 0.05) is 19.3 Å². The highest BCUT2D eigenvalue weighted by atomic mass is 16.7. The van der Waals surface area contributed by atoms with Gasteiger partial charge in [0.1, 0.15) is 28.8 Å². The number of rotatable bonds is 3. The van der Waals surface area contributed by atoms with Gasteiger partial charge in [-0.1, -0.05) is 6.07 Å². The average molecular weight is 475 g/mol. The second kappa shape index (κ2) is 7.78. The Morgan fingerprint density at radius 1 is 1.03 bits per heavy atom. The summed E-state index contributed by atoms with van der Waals surface area (Å²) < 4.78 is 35.4. The Morgan fingerprint density at radius 2 is 1.62 bits per heavy atom. The van der Waals surface area contributed by atoms with Crippen LogP contribution in [0.4, 0.5) is 4.79 Å². The standard InChI is InChI=1S/C24H34BNO8/c1-21(2,3)32-20(28)26-12-14(13-26)29-16-11-10-15(25-33-22(4,5)23(6,7)34-25)18-17(16)19(27)31-24(8,9)30-18/h10-11,14H,12-13H2,1-9H3. The lowest BCUT2D eigenvalue weighted by atomic mass is 9.77. The van der Waals surface area contributed by atoms with Gasteiger partial charge in [0.15, 0.2) is 0 Å². The van der Waals surface area contributed by atoms with Gasteiger partial charge in [0.2, 0.25) is 5.79 Å². The largest absolute Gasteiger partial charge is 0.498 e. The van der Waals surface area contributed by atoms with Crippen LogP contribution in [0.3, 0.4) is 0 Å². The minimum atomic E-state index is -1.16. The van der Waals surface area contributed by atoms with E-state index in [4.69, 9.17) is 28.3 Å². The summed E-state index contributed by atoms with van der Waals surface area (Å²) in [6.45, 7) is 17.3. The number of carbonyl (C=O) groups excluding carboxylic acids is 2. The van der Waals surface area contributed by atoms with Gasteiger partial charge in [-0.25, -0.2) is 9.59 Å². The fourth-order valence-electron chi connectivity index (χ4n) is 3.85. The van der Waals surface area contributed by atoms with Gasteiger partial charge in [-0.05, 0) is 54.5 Å². The number of amides is 1. The number of carbonyl (C=O) groups is 2. The van der Waals surface area contributed by atoms with Crippen molar-refractivity contribution >= 4 is 24.6 Å². The molecule has 0 radical (unpaired) electrons. The number of ether oxygens (including phenoxy) is 4. The van der Waals surface area contributed by atoms with E-state index in [0.717, 1.165) is 0 Å². The zero-order chi connectivity index (χ0) is 25.3. The number of hydrogen-bond acceptors (Lipinski definition) is 8. The fourth-order valence-corrected chi connectivity index (χ4v) is 3.85. The maximum atomic E-state index is 13.0.